The molecule has 0 aromatic heterocycles. The summed E-state index contributed by atoms with van der Waals surface area (Å²) in [5.41, 5.74) is 1.66. The van der Waals surface area contributed by atoms with E-state index in [2.05, 4.69) is 10.2 Å². The molecule has 1 fully saturated rings. The molecular weight excluding hydrogens is 316 g/mol. The summed E-state index contributed by atoms with van der Waals surface area (Å²) >= 11 is 0. The Labute approximate surface area is 148 Å². The Bertz CT molecular complexity index is 652. The molecule has 0 aliphatic carbocycles. The summed E-state index contributed by atoms with van der Waals surface area (Å²) in [4.78, 5) is 14.4. The van der Waals surface area contributed by atoms with Crippen molar-refractivity contribution in [3.63, 3.8) is 0 Å². The summed E-state index contributed by atoms with van der Waals surface area (Å²) in [6.45, 7) is 5.72. The molecule has 0 saturated carbocycles. The first-order chi connectivity index (χ1) is 12.3. The molecular formula is C20H24N2O3. The number of nitrogens with zero attached hydrogens (tertiary/aromatic N) is 1. The summed E-state index contributed by atoms with van der Waals surface area (Å²) in [6.07, 6.45) is 0. The topological polar surface area (TPSA) is 50.8 Å². The van der Waals surface area contributed by atoms with Crippen LogP contribution in [-0.4, -0.2) is 50.2 Å². The molecule has 25 heavy (non-hydrogen) atoms. The van der Waals surface area contributed by atoms with Crippen LogP contribution in [0, 0.1) is 0 Å². The fourth-order valence-electron chi connectivity index (χ4n) is 2.71. The van der Waals surface area contributed by atoms with Gasteiger partial charge in [0.1, 0.15) is 19.0 Å². The first kappa shape index (κ1) is 17.5. The lowest BCUT2D eigenvalue weighted by Crippen LogP contribution is -2.44. The Morgan fingerprint density at radius 3 is 2.44 bits per heavy atom. The Kier molecular flexibility index (Phi) is 6.42. The second-order valence-electron chi connectivity index (χ2n) is 6.03. The van der Waals surface area contributed by atoms with Crippen LogP contribution in [0.5, 0.6) is 5.75 Å². The zero-order valence-electron chi connectivity index (χ0n) is 14.3. The number of nitrogens with one attached hydrogen (secondary N) is 1. The maximum atomic E-state index is 12.1. The summed E-state index contributed by atoms with van der Waals surface area (Å²) in [6, 6.07) is 17.1. The van der Waals surface area contributed by atoms with Gasteiger partial charge in [0.15, 0.2) is 0 Å². The SMILES string of the molecule is O=C(OCCN1CCNCC1)c1ccc(OCc2ccccc2)cc1. The van der Waals surface area contributed by atoms with Crippen molar-refractivity contribution < 1.29 is 14.3 Å². The van der Waals surface area contributed by atoms with Gasteiger partial charge in [-0.15, -0.1) is 0 Å². The van der Waals surface area contributed by atoms with Crippen LogP contribution in [-0.2, 0) is 11.3 Å². The van der Waals surface area contributed by atoms with E-state index in [4.69, 9.17) is 9.47 Å². The number of esters is 1. The van der Waals surface area contributed by atoms with E-state index in [-0.39, 0.29) is 5.97 Å². The van der Waals surface area contributed by atoms with Crippen LogP contribution in [0.4, 0.5) is 0 Å². The van der Waals surface area contributed by atoms with Crippen LogP contribution in [0.25, 0.3) is 0 Å². The minimum absolute atomic E-state index is 0.287. The number of carbonyl (C=O) groups excluding carboxylic acids is 1. The highest BCUT2D eigenvalue weighted by Crippen LogP contribution is 2.15. The predicted molar refractivity (Wildman–Crippen MR) is 96.8 cm³/mol. The van der Waals surface area contributed by atoms with Crippen molar-refractivity contribution in [1.29, 1.82) is 0 Å². The zero-order chi connectivity index (χ0) is 17.3. The predicted octanol–water partition coefficient (Wildman–Crippen LogP) is 2.33. The van der Waals surface area contributed by atoms with Crippen LogP contribution >= 0.6 is 0 Å². The Morgan fingerprint density at radius 2 is 1.72 bits per heavy atom. The van der Waals surface area contributed by atoms with E-state index in [9.17, 15) is 4.79 Å². The van der Waals surface area contributed by atoms with E-state index in [0.717, 1.165) is 44.0 Å². The first-order valence-electron chi connectivity index (χ1n) is 8.68. The lowest BCUT2D eigenvalue weighted by molar-refractivity contribution is 0.0456. The molecule has 1 aliphatic rings. The van der Waals surface area contributed by atoms with Gasteiger partial charge in [-0.05, 0) is 29.8 Å². The third-order valence-corrected chi connectivity index (χ3v) is 4.19. The normalized spacial score (nSPS) is 14.9. The van der Waals surface area contributed by atoms with E-state index in [1.165, 1.54) is 0 Å². The monoisotopic (exact) mass is 340 g/mol. The highest BCUT2D eigenvalue weighted by atomic mass is 16.5. The van der Waals surface area contributed by atoms with Crippen LogP contribution in [0.2, 0.25) is 0 Å². The highest BCUT2D eigenvalue weighted by molar-refractivity contribution is 5.89. The molecule has 1 saturated heterocycles. The van der Waals surface area contributed by atoms with E-state index < -0.39 is 0 Å². The summed E-state index contributed by atoms with van der Waals surface area (Å²) in [7, 11) is 0. The van der Waals surface area contributed by atoms with Gasteiger partial charge in [0.05, 0.1) is 5.56 Å². The lowest BCUT2D eigenvalue weighted by atomic mass is 10.2. The van der Waals surface area contributed by atoms with Gasteiger partial charge < -0.3 is 14.8 Å². The molecule has 5 heteroatoms. The van der Waals surface area contributed by atoms with E-state index in [0.29, 0.717) is 18.8 Å². The molecule has 1 N–H and O–H groups in total. The van der Waals surface area contributed by atoms with Crippen LogP contribution in [0.1, 0.15) is 15.9 Å². The van der Waals surface area contributed by atoms with Crippen molar-refractivity contribution in [1.82, 2.24) is 10.2 Å². The molecule has 0 radical (unpaired) electrons. The Balaban J connectivity index is 1.42. The van der Waals surface area contributed by atoms with Crippen LogP contribution in [0.15, 0.2) is 54.6 Å². The van der Waals surface area contributed by atoms with Crippen molar-refractivity contribution in [3.8, 4) is 5.75 Å². The maximum Gasteiger partial charge on any atom is 0.338 e. The molecule has 2 aromatic rings. The third kappa shape index (κ3) is 5.59. The fraction of sp³-hybridized carbons (Fsp3) is 0.350. The molecule has 5 nitrogen and oxygen atoms in total. The zero-order valence-corrected chi connectivity index (χ0v) is 14.3. The molecule has 0 unspecified atom stereocenters. The van der Waals surface area contributed by atoms with Gasteiger partial charge in [0.25, 0.3) is 0 Å². The van der Waals surface area contributed by atoms with Crippen molar-refractivity contribution in [2.45, 2.75) is 6.61 Å². The Morgan fingerprint density at radius 1 is 1.00 bits per heavy atom. The van der Waals surface area contributed by atoms with Gasteiger partial charge in [0.2, 0.25) is 0 Å². The number of hydrogen-bond acceptors (Lipinski definition) is 5. The minimum Gasteiger partial charge on any atom is -0.489 e. The number of ether oxygens (including phenoxy) is 2. The highest BCUT2D eigenvalue weighted by Gasteiger charge is 2.11. The van der Waals surface area contributed by atoms with Crippen molar-refractivity contribution in [2.24, 2.45) is 0 Å². The average molecular weight is 340 g/mol. The Hall–Kier alpha value is -2.37. The molecule has 3 rings (SSSR count). The van der Waals surface area contributed by atoms with Crippen molar-refractivity contribution in [2.75, 3.05) is 39.3 Å². The smallest absolute Gasteiger partial charge is 0.338 e. The van der Waals surface area contributed by atoms with Gasteiger partial charge >= 0.3 is 5.97 Å². The van der Waals surface area contributed by atoms with Gasteiger partial charge in [-0.2, -0.15) is 0 Å². The number of rotatable bonds is 7. The van der Waals surface area contributed by atoms with Crippen LogP contribution in [0.3, 0.4) is 0 Å². The lowest BCUT2D eigenvalue weighted by Gasteiger charge is -2.26. The molecule has 1 aliphatic heterocycles. The number of carbonyl (C=O) groups is 1. The van der Waals surface area contributed by atoms with Crippen LogP contribution < -0.4 is 10.1 Å². The van der Waals surface area contributed by atoms with Gasteiger partial charge in [-0.3, -0.25) is 4.90 Å². The maximum absolute atomic E-state index is 12.1. The van der Waals surface area contributed by atoms with E-state index in [1.807, 2.05) is 30.3 Å². The molecule has 132 valence electrons. The molecule has 0 spiro atoms. The van der Waals surface area contributed by atoms with E-state index >= 15 is 0 Å². The van der Waals surface area contributed by atoms with Gasteiger partial charge in [-0.25, -0.2) is 4.79 Å². The third-order valence-electron chi connectivity index (χ3n) is 4.19. The molecule has 1 heterocycles. The van der Waals surface area contributed by atoms with Crippen molar-refractivity contribution >= 4 is 5.97 Å². The number of piperazine rings is 1. The fourth-order valence-corrected chi connectivity index (χ4v) is 2.71. The largest absolute Gasteiger partial charge is 0.489 e. The van der Waals surface area contributed by atoms with Crippen molar-refractivity contribution in [3.05, 3.63) is 65.7 Å². The molecule has 0 bridgehead atoms. The van der Waals surface area contributed by atoms with Gasteiger partial charge in [0, 0.05) is 32.7 Å². The molecule has 0 amide bonds. The summed E-state index contributed by atoms with van der Waals surface area (Å²) < 4.78 is 11.1. The summed E-state index contributed by atoms with van der Waals surface area (Å²) in [5.74, 6) is 0.450. The van der Waals surface area contributed by atoms with Gasteiger partial charge in [-0.1, -0.05) is 30.3 Å². The second kappa shape index (κ2) is 9.20. The standard InChI is InChI=1S/C20H24N2O3/c23-20(24-15-14-22-12-10-21-11-13-22)18-6-8-19(9-7-18)25-16-17-4-2-1-3-5-17/h1-9,21H,10-16H2. The second-order valence-corrected chi connectivity index (χ2v) is 6.03. The number of hydrogen-bond donors (Lipinski definition) is 1. The minimum atomic E-state index is -0.287. The summed E-state index contributed by atoms with van der Waals surface area (Å²) in [5, 5.41) is 3.30. The number of benzene rings is 2. The molecule has 2 aromatic carbocycles. The quantitative estimate of drug-likeness (QED) is 0.784. The van der Waals surface area contributed by atoms with E-state index in [1.54, 1.807) is 24.3 Å². The first-order valence-corrected chi connectivity index (χ1v) is 8.68. The average Bonchev–Trinajstić information content (AvgIpc) is 2.68. The molecule has 0 atom stereocenters.